The van der Waals surface area contributed by atoms with Gasteiger partial charge in [-0.3, -0.25) is 14.4 Å². The van der Waals surface area contributed by atoms with Crippen LogP contribution < -0.4 is 10.2 Å². The molecule has 234 valence electrons. The van der Waals surface area contributed by atoms with Gasteiger partial charge in [-0.1, -0.05) is 69.3 Å². The van der Waals surface area contributed by atoms with Gasteiger partial charge in [0, 0.05) is 31.0 Å². The van der Waals surface area contributed by atoms with Crippen LogP contribution in [0.5, 0.6) is 0 Å². The molecular weight excluding hydrogens is 580 g/mol. The van der Waals surface area contributed by atoms with Gasteiger partial charge in [0.15, 0.2) is 0 Å². The van der Waals surface area contributed by atoms with E-state index < -0.39 is 78.7 Å². The lowest BCUT2D eigenvalue weighted by Gasteiger charge is -2.46. The minimum absolute atomic E-state index is 0.267. The second-order valence-corrected chi connectivity index (χ2v) is 11.5. The second-order valence-electron chi connectivity index (χ2n) is 11.5. The third-order valence-electron chi connectivity index (χ3n) is 7.82. The van der Waals surface area contributed by atoms with E-state index in [0.29, 0.717) is 16.8 Å². The van der Waals surface area contributed by atoms with Crippen molar-refractivity contribution in [2.45, 2.75) is 65.0 Å². The molecule has 2 aromatic rings. The minimum atomic E-state index is -4.85. The standard InChI is InChI=1S/C30H33F6N3O4/c1-27(2,3)28(26(42)43,16-17-30(34,35)36)20(14-15-29(31,32)33)24(40)38-23-25(41)39(4)21-13-9-8-12-19(21)22(37-23)18-10-6-5-7-11-18/h5-13,20,23H,14-17H2,1-4H3,(H,38,40)(H,42,43)/t20-,23+,28+/m0/s1. The van der Waals surface area contributed by atoms with Gasteiger partial charge in [-0.2, -0.15) is 26.3 Å². The lowest BCUT2D eigenvalue weighted by Crippen LogP contribution is -2.57. The number of carbonyl (C=O) groups is 3. The van der Waals surface area contributed by atoms with E-state index in [2.05, 4.69) is 10.3 Å². The summed E-state index contributed by atoms with van der Waals surface area (Å²) in [6, 6.07) is 15.3. The molecule has 0 saturated heterocycles. The quantitative estimate of drug-likeness (QED) is 0.322. The molecule has 0 fully saturated rings. The van der Waals surface area contributed by atoms with Crippen LogP contribution >= 0.6 is 0 Å². The van der Waals surface area contributed by atoms with Crippen LogP contribution in [0.4, 0.5) is 32.0 Å². The van der Waals surface area contributed by atoms with Gasteiger partial charge in [-0.25, -0.2) is 4.99 Å². The largest absolute Gasteiger partial charge is 0.481 e. The number of alkyl halides is 6. The predicted molar refractivity (Wildman–Crippen MR) is 147 cm³/mol. The Kier molecular flexibility index (Phi) is 9.67. The molecule has 43 heavy (non-hydrogen) atoms. The predicted octanol–water partition coefficient (Wildman–Crippen LogP) is 6.36. The number of hydrogen-bond acceptors (Lipinski definition) is 4. The van der Waals surface area contributed by atoms with Gasteiger partial charge in [0.1, 0.15) is 0 Å². The maximum absolute atomic E-state index is 13.9. The van der Waals surface area contributed by atoms with Crippen LogP contribution in [0, 0.1) is 16.7 Å². The first kappa shape index (κ1) is 33.6. The third-order valence-corrected chi connectivity index (χ3v) is 7.82. The molecule has 0 spiro atoms. The molecule has 13 heteroatoms. The SMILES string of the molecule is CN1C(=O)[C@@H](NC(=O)[C@H](CCC(F)(F)F)[C@](CCC(F)(F)F)(C(=O)O)C(C)(C)C)N=C(c2ccccc2)c2ccccc21. The summed E-state index contributed by atoms with van der Waals surface area (Å²) in [7, 11) is 1.41. The van der Waals surface area contributed by atoms with E-state index in [1.807, 2.05) is 0 Å². The second kappa shape index (κ2) is 12.4. The van der Waals surface area contributed by atoms with Gasteiger partial charge in [0.25, 0.3) is 5.91 Å². The summed E-state index contributed by atoms with van der Waals surface area (Å²) >= 11 is 0. The molecule has 0 aromatic heterocycles. The Morgan fingerprint density at radius 3 is 2.00 bits per heavy atom. The first-order chi connectivity index (χ1) is 19.8. The maximum Gasteiger partial charge on any atom is 0.389 e. The fraction of sp³-hybridized carbons (Fsp3) is 0.467. The number of anilines is 1. The zero-order valence-electron chi connectivity index (χ0n) is 24.0. The Hall–Kier alpha value is -3.90. The van der Waals surface area contributed by atoms with Crippen molar-refractivity contribution < 1.29 is 45.8 Å². The average molecular weight is 614 g/mol. The molecule has 3 atom stereocenters. The van der Waals surface area contributed by atoms with E-state index in [-0.39, 0.29) is 5.71 Å². The summed E-state index contributed by atoms with van der Waals surface area (Å²) < 4.78 is 80.4. The molecule has 2 amide bonds. The number of carboxylic acids is 1. The van der Waals surface area contributed by atoms with E-state index in [4.69, 9.17) is 0 Å². The minimum Gasteiger partial charge on any atom is -0.481 e. The molecule has 1 aliphatic heterocycles. The highest BCUT2D eigenvalue weighted by Gasteiger charge is 2.58. The first-order valence-electron chi connectivity index (χ1n) is 13.5. The van der Waals surface area contributed by atoms with Gasteiger partial charge >= 0.3 is 18.3 Å². The van der Waals surface area contributed by atoms with Crippen LogP contribution in [0.1, 0.15) is 57.6 Å². The van der Waals surface area contributed by atoms with Crippen molar-refractivity contribution in [1.82, 2.24) is 5.32 Å². The lowest BCUT2D eigenvalue weighted by molar-refractivity contribution is -0.182. The summed E-state index contributed by atoms with van der Waals surface area (Å²) in [4.78, 5) is 45.9. The summed E-state index contributed by atoms with van der Waals surface area (Å²) in [5, 5.41) is 12.6. The van der Waals surface area contributed by atoms with Crippen molar-refractivity contribution in [3.63, 3.8) is 0 Å². The molecule has 1 heterocycles. The van der Waals surface area contributed by atoms with Crippen LogP contribution in [0.2, 0.25) is 0 Å². The monoisotopic (exact) mass is 613 g/mol. The van der Waals surface area contributed by atoms with Crippen molar-refractivity contribution in [2.75, 3.05) is 11.9 Å². The summed E-state index contributed by atoms with van der Waals surface area (Å²) in [6.07, 6.45) is -17.0. The molecule has 0 unspecified atom stereocenters. The molecule has 0 radical (unpaired) electrons. The number of likely N-dealkylation sites (N-methyl/N-ethyl adjacent to an activating group) is 1. The average Bonchev–Trinajstić information content (AvgIpc) is 2.99. The van der Waals surface area contributed by atoms with E-state index in [1.165, 1.54) is 32.7 Å². The summed E-state index contributed by atoms with van der Waals surface area (Å²) in [5.41, 5.74) is -2.47. The number of fused-ring (bicyclic) bond motifs is 1. The van der Waals surface area contributed by atoms with Crippen molar-refractivity contribution in [3.8, 4) is 0 Å². The Labute approximate surface area is 245 Å². The molecule has 0 bridgehead atoms. The Morgan fingerprint density at radius 1 is 0.907 bits per heavy atom. The third kappa shape index (κ3) is 7.55. The number of nitrogens with zero attached hydrogens (tertiary/aromatic N) is 2. The van der Waals surface area contributed by atoms with Crippen LogP contribution in [-0.2, 0) is 14.4 Å². The number of aliphatic carboxylic acids is 1. The van der Waals surface area contributed by atoms with E-state index >= 15 is 0 Å². The van der Waals surface area contributed by atoms with Gasteiger partial charge < -0.3 is 15.3 Å². The van der Waals surface area contributed by atoms with Crippen molar-refractivity contribution >= 4 is 29.2 Å². The summed E-state index contributed by atoms with van der Waals surface area (Å²) in [6.45, 7) is 3.79. The van der Waals surface area contributed by atoms with Crippen molar-refractivity contribution in [2.24, 2.45) is 21.7 Å². The lowest BCUT2D eigenvalue weighted by atomic mass is 9.56. The van der Waals surface area contributed by atoms with Crippen LogP contribution in [0.15, 0.2) is 59.6 Å². The van der Waals surface area contributed by atoms with Gasteiger partial charge in [-0.05, 0) is 24.3 Å². The number of para-hydroxylation sites is 1. The number of hydrogen-bond donors (Lipinski definition) is 2. The number of carboxylic acid groups (broad SMARTS) is 1. The molecule has 2 N–H and O–H groups in total. The van der Waals surface area contributed by atoms with Crippen LogP contribution in [0.25, 0.3) is 0 Å². The topological polar surface area (TPSA) is 99.1 Å². The van der Waals surface area contributed by atoms with E-state index in [1.54, 1.807) is 54.6 Å². The Morgan fingerprint density at radius 2 is 1.47 bits per heavy atom. The molecule has 0 saturated carbocycles. The van der Waals surface area contributed by atoms with Crippen LogP contribution in [0.3, 0.4) is 0 Å². The highest BCUT2D eigenvalue weighted by Crippen LogP contribution is 2.52. The zero-order valence-corrected chi connectivity index (χ0v) is 24.0. The normalized spacial score (nSPS) is 18.2. The van der Waals surface area contributed by atoms with Gasteiger partial charge in [-0.15, -0.1) is 0 Å². The zero-order chi connectivity index (χ0) is 32.4. The summed E-state index contributed by atoms with van der Waals surface area (Å²) in [5.74, 6) is -6.06. The van der Waals surface area contributed by atoms with Gasteiger partial charge in [0.05, 0.1) is 22.7 Å². The Bertz CT molecular complexity index is 1370. The van der Waals surface area contributed by atoms with E-state index in [9.17, 15) is 45.8 Å². The smallest absolute Gasteiger partial charge is 0.389 e. The number of carbonyl (C=O) groups excluding carboxylic acids is 2. The van der Waals surface area contributed by atoms with Crippen molar-refractivity contribution in [1.29, 1.82) is 0 Å². The number of amides is 2. The number of nitrogens with one attached hydrogen (secondary N) is 1. The number of rotatable bonds is 9. The highest BCUT2D eigenvalue weighted by atomic mass is 19.4. The number of aliphatic imine (C=N–C) groups is 1. The fourth-order valence-corrected chi connectivity index (χ4v) is 5.57. The number of benzodiazepines with no additional fused rings is 1. The van der Waals surface area contributed by atoms with Crippen molar-refractivity contribution in [3.05, 3.63) is 65.7 Å². The molecule has 7 nitrogen and oxygen atoms in total. The van der Waals surface area contributed by atoms with Crippen LogP contribution in [-0.4, -0.2) is 54.2 Å². The maximum atomic E-state index is 13.9. The number of halogens is 6. The van der Waals surface area contributed by atoms with E-state index in [0.717, 1.165) is 0 Å². The number of benzene rings is 2. The molecular formula is C30H33F6N3O4. The fourth-order valence-electron chi connectivity index (χ4n) is 5.57. The molecule has 1 aliphatic rings. The Balaban J connectivity index is 2.16. The molecule has 3 rings (SSSR count). The van der Waals surface area contributed by atoms with Gasteiger partial charge in [0.2, 0.25) is 12.1 Å². The molecule has 2 aromatic carbocycles. The molecule has 0 aliphatic carbocycles. The first-order valence-corrected chi connectivity index (χ1v) is 13.5. The highest BCUT2D eigenvalue weighted by molar-refractivity contribution is 6.20.